The molecule has 5 nitrogen and oxygen atoms in total. The second kappa shape index (κ2) is 9.45. The van der Waals surface area contributed by atoms with Crippen LogP contribution < -0.4 is 5.32 Å². The van der Waals surface area contributed by atoms with Crippen LogP contribution in [0.3, 0.4) is 0 Å². The smallest absolute Gasteiger partial charge is 0.264 e. The van der Waals surface area contributed by atoms with E-state index in [0.29, 0.717) is 26.2 Å². The number of rotatable bonds is 5. The van der Waals surface area contributed by atoms with Gasteiger partial charge in [0.05, 0.1) is 4.88 Å². The first-order chi connectivity index (χ1) is 15.0. The van der Waals surface area contributed by atoms with E-state index in [1.807, 2.05) is 84.8 Å². The van der Waals surface area contributed by atoms with Crippen molar-refractivity contribution in [3.8, 4) is 0 Å². The molecule has 1 aliphatic heterocycles. The van der Waals surface area contributed by atoms with Gasteiger partial charge >= 0.3 is 0 Å². The van der Waals surface area contributed by atoms with Gasteiger partial charge in [-0.3, -0.25) is 14.5 Å². The fourth-order valence-electron chi connectivity index (χ4n) is 3.97. The first-order valence-corrected chi connectivity index (χ1v) is 11.4. The molecule has 3 aromatic rings. The largest absolute Gasteiger partial charge is 0.335 e. The van der Waals surface area contributed by atoms with Crippen LogP contribution in [0.1, 0.15) is 32.4 Å². The predicted molar refractivity (Wildman–Crippen MR) is 126 cm³/mol. The highest BCUT2D eigenvalue weighted by atomic mass is 32.1. The Labute approximate surface area is 187 Å². The molecule has 160 valence electrons. The van der Waals surface area contributed by atoms with Gasteiger partial charge in [-0.1, -0.05) is 48.5 Å². The van der Waals surface area contributed by atoms with Crippen LogP contribution in [0.2, 0.25) is 0 Å². The van der Waals surface area contributed by atoms with Gasteiger partial charge in [0.1, 0.15) is 6.04 Å². The Bertz CT molecular complexity index is 1040. The number of thiophene rings is 1. The normalized spacial score (nSPS) is 15.5. The maximum atomic E-state index is 13.4. The molecule has 1 unspecified atom stereocenters. The van der Waals surface area contributed by atoms with Crippen molar-refractivity contribution in [1.29, 1.82) is 0 Å². The number of hydrogen-bond acceptors (Lipinski definition) is 4. The molecular weight excluding hydrogens is 406 g/mol. The predicted octanol–water partition coefficient (Wildman–Crippen LogP) is 4.50. The van der Waals surface area contributed by atoms with E-state index in [4.69, 9.17) is 0 Å². The average Bonchev–Trinajstić information content (AvgIpc) is 3.32. The lowest BCUT2D eigenvalue weighted by molar-refractivity contribution is -0.122. The fraction of sp³-hybridized carbons (Fsp3) is 0.280. The highest BCUT2D eigenvalue weighted by Gasteiger charge is 2.32. The van der Waals surface area contributed by atoms with Crippen LogP contribution in [-0.4, -0.2) is 47.8 Å². The molecular formula is C25H27N3O2S. The van der Waals surface area contributed by atoms with Gasteiger partial charge in [-0.25, -0.2) is 0 Å². The standard InChI is InChI=1S/C25H27N3O2S/c1-18-10-11-19(2)21(17-18)26-24(29)23(20-7-4-3-5-8-20)27-12-14-28(15-13-27)25(30)22-9-6-16-31-22/h3-11,16-17,23H,12-15H2,1-2H3,(H,26,29). The zero-order valence-electron chi connectivity index (χ0n) is 17.9. The summed E-state index contributed by atoms with van der Waals surface area (Å²) in [6.07, 6.45) is 0. The van der Waals surface area contributed by atoms with Crippen LogP contribution in [0.25, 0.3) is 0 Å². The van der Waals surface area contributed by atoms with Crippen molar-refractivity contribution < 1.29 is 9.59 Å². The Balaban J connectivity index is 1.52. The van der Waals surface area contributed by atoms with Crippen molar-refractivity contribution in [3.05, 3.63) is 87.6 Å². The summed E-state index contributed by atoms with van der Waals surface area (Å²) in [6.45, 7) is 6.54. The van der Waals surface area contributed by atoms with Gasteiger partial charge in [0.2, 0.25) is 5.91 Å². The number of piperazine rings is 1. The topological polar surface area (TPSA) is 52.7 Å². The fourth-order valence-corrected chi connectivity index (χ4v) is 4.67. The molecule has 1 fully saturated rings. The maximum Gasteiger partial charge on any atom is 0.264 e. The number of benzene rings is 2. The van der Waals surface area contributed by atoms with E-state index in [-0.39, 0.29) is 11.8 Å². The number of anilines is 1. The van der Waals surface area contributed by atoms with Gasteiger partial charge in [0.15, 0.2) is 0 Å². The highest BCUT2D eigenvalue weighted by molar-refractivity contribution is 7.12. The summed E-state index contributed by atoms with van der Waals surface area (Å²) in [5.74, 6) is 0.0312. The average molecular weight is 434 g/mol. The number of carbonyl (C=O) groups is 2. The Kier molecular flexibility index (Phi) is 6.49. The summed E-state index contributed by atoms with van der Waals surface area (Å²) in [7, 11) is 0. The number of carbonyl (C=O) groups excluding carboxylic acids is 2. The number of amides is 2. The van der Waals surface area contributed by atoms with Gasteiger partial charge in [-0.05, 0) is 48.1 Å². The summed E-state index contributed by atoms with van der Waals surface area (Å²) in [4.78, 5) is 31.0. The first kappa shape index (κ1) is 21.3. The van der Waals surface area contributed by atoms with Crippen LogP contribution >= 0.6 is 11.3 Å². The van der Waals surface area contributed by atoms with Gasteiger partial charge in [-0.15, -0.1) is 11.3 Å². The minimum atomic E-state index is -0.403. The molecule has 1 aromatic heterocycles. The molecule has 2 amide bonds. The summed E-state index contributed by atoms with van der Waals surface area (Å²) in [5, 5.41) is 5.07. The van der Waals surface area contributed by atoms with E-state index < -0.39 is 6.04 Å². The third-order valence-electron chi connectivity index (χ3n) is 5.71. The van der Waals surface area contributed by atoms with Gasteiger partial charge < -0.3 is 10.2 Å². The molecule has 31 heavy (non-hydrogen) atoms. The molecule has 0 spiro atoms. The van der Waals surface area contributed by atoms with E-state index >= 15 is 0 Å². The molecule has 1 saturated heterocycles. The Morgan fingerprint density at radius 2 is 1.68 bits per heavy atom. The van der Waals surface area contributed by atoms with Crippen molar-refractivity contribution in [2.75, 3.05) is 31.5 Å². The number of aryl methyl sites for hydroxylation is 2. The minimum Gasteiger partial charge on any atom is -0.335 e. The van der Waals surface area contributed by atoms with Crippen molar-refractivity contribution in [1.82, 2.24) is 9.80 Å². The number of nitrogens with one attached hydrogen (secondary N) is 1. The van der Waals surface area contributed by atoms with Crippen molar-refractivity contribution in [2.45, 2.75) is 19.9 Å². The van der Waals surface area contributed by atoms with Crippen LogP contribution in [0.5, 0.6) is 0 Å². The SMILES string of the molecule is Cc1ccc(C)c(NC(=O)C(c2ccccc2)N2CCN(C(=O)c3cccs3)CC2)c1. The summed E-state index contributed by atoms with van der Waals surface area (Å²) in [6, 6.07) is 19.3. The zero-order valence-corrected chi connectivity index (χ0v) is 18.7. The van der Waals surface area contributed by atoms with Crippen LogP contribution in [0, 0.1) is 13.8 Å². The van der Waals surface area contributed by atoms with Gasteiger partial charge in [-0.2, -0.15) is 0 Å². The second-order valence-corrected chi connectivity index (χ2v) is 8.87. The van der Waals surface area contributed by atoms with E-state index in [2.05, 4.69) is 10.2 Å². The maximum absolute atomic E-state index is 13.4. The molecule has 0 radical (unpaired) electrons. The molecule has 0 aliphatic carbocycles. The minimum absolute atomic E-state index is 0.0436. The molecule has 1 atom stereocenters. The number of nitrogens with zero attached hydrogens (tertiary/aromatic N) is 2. The Hall–Kier alpha value is -2.96. The second-order valence-electron chi connectivity index (χ2n) is 7.93. The quantitative estimate of drug-likeness (QED) is 0.644. The van der Waals surface area contributed by atoms with Gasteiger partial charge in [0.25, 0.3) is 5.91 Å². The van der Waals surface area contributed by atoms with E-state index in [0.717, 1.165) is 27.3 Å². The molecule has 6 heteroatoms. The van der Waals surface area contributed by atoms with Crippen molar-refractivity contribution in [2.24, 2.45) is 0 Å². The van der Waals surface area contributed by atoms with E-state index in [1.165, 1.54) is 11.3 Å². The van der Waals surface area contributed by atoms with E-state index in [9.17, 15) is 9.59 Å². The lowest BCUT2D eigenvalue weighted by atomic mass is 10.0. The zero-order chi connectivity index (χ0) is 21.8. The van der Waals surface area contributed by atoms with Crippen LogP contribution in [-0.2, 0) is 4.79 Å². The number of hydrogen-bond donors (Lipinski definition) is 1. The highest BCUT2D eigenvalue weighted by Crippen LogP contribution is 2.26. The third-order valence-corrected chi connectivity index (χ3v) is 6.57. The van der Waals surface area contributed by atoms with Crippen molar-refractivity contribution in [3.63, 3.8) is 0 Å². The summed E-state index contributed by atoms with van der Waals surface area (Å²) >= 11 is 1.47. The summed E-state index contributed by atoms with van der Waals surface area (Å²) < 4.78 is 0. The van der Waals surface area contributed by atoms with Crippen molar-refractivity contribution >= 4 is 28.8 Å². The Morgan fingerprint density at radius 3 is 2.35 bits per heavy atom. The monoisotopic (exact) mass is 433 g/mol. The lowest BCUT2D eigenvalue weighted by Crippen LogP contribution is -2.51. The molecule has 2 heterocycles. The summed E-state index contributed by atoms with van der Waals surface area (Å²) in [5.41, 5.74) is 3.95. The molecule has 1 aliphatic rings. The Morgan fingerprint density at radius 1 is 0.935 bits per heavy atom. The first-order valence-electron chi connectivity index (χ1n) is 10.5. The lowest BCUT2D eigenvalue weighted by Gasteiger charge is -2.38. The van der Waals surface area contributed by atoms with Crippen LogP contribution in [0.4, 0.5) is 5.69 Å². The molecule has 2 aromatic carbocycles. The molecule has 4 rings (SSSR count). The molecule has 0 saturated carbocycles. The third kappa shape index (κ3) is 4.86. The molecule has 0 bridgehead atoms. The molecule has 1 N–H and O–H groups in total. The van der Waals surface area contributed by atoms with Crippen LogP contribution in [0.15, 0.2) is 66.0 Å². The van der Waals surface area contributed by atoms with E-state index in [1.54, 1.807) is 0 Å². The van der Waals surface area contributed by atoms with Gasteiger partial charge in [0, 0.05) is 31.9 Å².